The van der Waals surface area contributed by atoms with Gasteiger partial charge in [0.15, 0.2) is 0 Å². The van der Waals surface area contributed by atoms with Crippen LogP contribution in [0, 0.1) is 0 Å². The van der Waals surface area contributed by atoms with Crippen molar-refractivity contribution in [2.24, 2.45) is 5.84 Å². The third-order valence-corrected chi connectivity index (χ3v) is 4.15. The second kappa shape index (κ2) is 5.45. The average molecular weight is 228 g/mol. The van der Waals surface area contributed by atoms with Gasteiger partial charge in [0.1, 0.15) is 0 Å². The van der Waals surface area contributed by atoms with Gasteiger partial charge in [0.25, 0.3) is 0 Å². The molecule has 0 aromatic heterocycles. The molecule has 0 aliphatic heterocycles. The molecule has 2 saturated carbocycles. The van der Waals surface area contributed by atoms with E-state index in [1.807, 2.05) is 0 Å². The zero-order valence-corrected chi connectivity index (χ0v) is 9.89. The van der Waals surface area contributed by atoms with Crippen molar-refractivity contribution >= 4 is 0 Å². The van der Waals surface area contributed by atoms with Gasteiger partial charge in [-0.2, -0.15) is 0 Å². The molecule has 4 nitrogen and oxygen atoms in total. The molecule has 0 amide bonds. The first-order chi connectivity index (χ1) is 7.70. The van der Waals surface area contributed by atoms with Crippen LogP contribution < -0.4 is 5.84 Å². The van der Waals surface area contributed by atoms with Crippen LogP contribution in [-0.2, 0) is 0 Å². The van der Waals surface area contributed by atoms with Crippen LogP contribution in [0.1, 0.15) is 51.4 Å². The van der Waals surface area contributed by atoms with Gasteiger partial charge in [-0.05, 0) is 25.7 Å². The van der Waals surface area contributed by atoms with Crippen molar-refractivity contribution in [1.29, 1.82) is 0 Å². The minimum atomic E-state index is -0.312. The van der Waals surface area contributed by atoms with Gasteiger partial charge in [-0.25, -0.2) is 5.01 Å². The van der Waals surface area contributed by atoms with Crippen molar-refractivity contribution in [2.75, 3.05) is 0 Å². The number of hydrogen-bond acceptors (Lipinski definition) is 4. The Morgan fingerprint density at radius 3 is 1.50 bits per heavy atom. The standard InChI is InChI=1S/C12H24N2O2/c13-14(9-5-1-3-7-11(9)15)10-6-2-4-8-12(10)16/h9-12,15-16H,1-8,13H2. The van der Waals surface area contributed by atoms with Crippen molar-refractivity contribution in [3.8, 4) is 0 Å². The first-order valence-electron chi connectivity index (χ1n) is 6.59. The molecule has 0 heterocycles. The van der Waals surface area contributed by atoms with Gasteiger partial charge in [0, 0.05) is 0 Å². The van der Waals surface area contributed by atoms with Gasteiger partial charge in [0.2, 0.25) is 0 Å². The molecule has 2 fully saturated rings. The van der Waals surface area contributed by atoms with Gasteiger partial charge >= 0.3 is 0 Å². The van der Waals surface area contributed by atoms with E-state index < -0.39 is 0 Å². The summed E-state index contributed by atoms with van der Waals surface area (Å²) in [5.41, 5.74) is 0. The summed E-state index contributed by atoms with van der Waals surface area (Å²) in [6.45, 7) is 0. The van der Waals surface area contributed by atoms with Crippen LogP contribution in [0.2, 0.25) is 0 Å². The molecule has 2 aliphatic carbocycles. The Hall–Kier alpha value is -0.160. The number of rotatable bonds is 2. The first kappa shape index (κ1) is 12.3. The molecule has 0 bridgehead atoms. The Balaban J connectivity index is 1.96. The second-order valence-electron chi connectivity index (χ2n) is 5.29. The van der Waals surface area contributed by atoms with Crippen LogP contribution in [0.4, 0.5) is 0 Å². The second-order valence-corrected chi connectivity index (χ2v) is 5.29. The molecule has 94 valence electrons. The van der Waals surface area contributed by atoms with Gasteiger partial charge in [-0.3, -0.25) is 5.84 Å². The molecule has 2 aliphatic rings. The molecule has 2 rings (SSSR count). The molecular formula is C12H24N2O2. The highest BCUT2D eigenvalue weighted by Gasteiger charge is 2.35. The molecule has 16 heavy (non-hydrogen) atoms. The summed E-state index contributed by atoms with van der Waals surface area (Å²) in [4.78, 5) is 0. The highest BCUT2D eigenvalue weighted by atomic mass is 16.3. The number of nitrogens with zero attached hydrogens (tertiary/aromatic N) is 1. The Labute approximate surface area is 97.4 Å². The minimum Gasteiger partial charge on any atom is -0.391 e. The predicted molar refractivity (Wildman–Crippen MR) is 62.6 cm³/mol. The van der Waals surface area contributed by atoms with Gasteiger partial charge in [-0.1, -0.05) is 25.7 Å². The van der Waals surface area contributed by atoms with Crippen molar-refractivity contribution in [3.63, 3.8) is 0 Å². The Kier molecular flexibility index (Phi) is 4.19. The zero-order chi connectivity index (χ0) is 11.5. The minimum absolute atomic E-state index is 0.0477. The van der Waals surface area contributed by atoms with E-state index in [0.29, 0.717) is 0 Å². The summed E-state index contributed by atoms with van der Waals surface area (Å²) < 4.78 is 0. The number of hydrazine groups is 1. The first-order valence-corrected chi connectivity index (χ1v) is 6.59. The molecule has 4 heteroatoms. The number of hydrogen-bond donors (Lipinski definition) is 3. The van der Waals surface area contributed by atoms with Crippen LogP contribution in [-0.4, -0.2) is 39.5 Å². The monoisotopic (exact) mass is 228 g/mol. The largest absolute Gasteiger partial charge is 0.391 e. The molecule has 0 radical (unpaired) electrons. The fourth-order valence-electron chi connectivity index (χ4n) is 3.12. The van der Waals surface area contributed by atoms with Crippen molar-refractivity contribution in [1.82, 2.24) is 5.01 Å². The lowest BCUT2D eigenvalue weighted by molar-refractivity contribution is -0.0517. The fourth-order valence-corrected chi connectivity index (χ4v) is 3.12. The summed E-state index contributed by atoms with van der Waals surface area (Å²) in [7, 11) is 0. The lowest BCUT2D eigenvalue weighted by atomic mass is 9.87. The van der Waals surface area contributed by atoms with Gasteiger partial charge in [0.05, 0.1) is 24.3 Å². The van der Waals surface area contributed by atoms with E-state index in [4.69, 9.17) is 5.84 Å². The number of nitrogens with two attached hydrogens (primary N) is 1. The Bertz CT molecular complexity index is 203. The van der Waals surface area contributed by atoms with Crippen molar-refractivity contribution in [3.05, 3.63) is 0 Å². The molecule has 4 N–H and O–H groups in total. The lowest BCUT2D eigenvalue weighted by Crippen LogP contribution is -2.58. The zero-order valence-electron chi connectivity index (χ0n) is 9.89. The molecular weight excluding hydrogens is 204 g/mol. The van der Waals surface area contributed by atoms with E-state index in [1.165, 1.54) is 0 Å². The topological polar surface area (TPSA) is 69.7 Å². The highest BCUT2D eigenvalue weighted by molar-refractivity contribution is 4.88. The maximum Gasteiger partial charge on any atom is 0.0709 e. The summed E-state index contributed by atoms with van der Waals surface area (Å²) in [5, 5.41) is 21.7. The van der Waals surface area contributed by atoms with Crippen LogP contribution >= 0.6 is 0 Å². The third-order valence-electron chi connectivity index (χ3n) is 4.15. The Morgan fingerprint density at radius 2 is 1.12 bits per heavy atom. The van der Waals surface area contributed by atoms with Gasteiger partial charge in [-0.15, -0.1) is 0 Å². The quantitative estimate of drug-likeness (QED) is 0.482. The molecule has 4 unspecified atom stereocenters. The molecule has 0 spiro atoms. The summed E-state index contributed by atoms with van der Waals surface area (Å²) in [5.74, 6) is 6.12. The molecule has 0 aromatic carbocycles. The summed E-state index contributed by atoms with van der Waals surface area (Å²) >= 11 is 0. The predicted octanol–water partition coefficient (Wildman–Crippen LogP) is 0.769. The number of aliphatic hydroxyl groups is 2. The molecule has 0 aromatic rings. The van der Waals surface area contributed by atoms with Crippen molar-refractivity contribution in [2.45, 2.75) is 75.7 Å². The van der Waals surface area contributed by atoms with Gasteiger partial charge < -0.3 is 10.2 Å². The van der Waals surface area contributed by atoms with E-state index >= 15 is 0 Å². The Morgan fingerprint density at radius 1 is 0.750 bits per heavy atom. The molecule has 0 saturated heterocycles. The van der Waals surface area contributed by atoms with Crippen LogP contribution in [0.5, 0.6) is 0 Å². The van der Waals surface area contributed by atoms with E-state index in [-0.39, 0.29) is 24.3 Å². The number of aliphatic hydroxyl groups excluding tert-OH is 2. The maximum absolute atomic E-state index is 9.95. The smallest absolute Gasteiger partial charge is 0.0709 e. The summed E-state index contributed by atoms with van der Waals surface area (Å²) in [6, 6.07) is 0.0954. The SMILES string of the molecule is NN(C1CCCCC1O)C1CCCCC1O. The van der Waals surface area contributed by atoms with Crippen LogP contribution in [0.25, 0.3) is 0 Å². The normalized spacial score (nSPS) is 41.2. The van der Waals surface area contributed by atoms with E-state index in [2.05, 4.69) is 0 Å². The maximum atomic E-state index is 9.95. The van der Waals surface area contributed by atoms with E-state index in [0.717, 1.165) is 51.4 Å². The van der Waals surface area contributed by atoms with Crippen LogP contribution in [0.15, 0.2) is 0 Å². The summed E-state index contributed by atoms with van der Waals surface area (Å²) in [6.07, 6.45) is 7.46. The van der Waals surface area contributed by atoms with E-state index in [1.54, 1.807) is 5.01 Å². The average Bonchev–Trinajstić information content (AvgIpc) is 2.29. The lowest BCUT2D eigenvalue weighted by Gasteiger charge is -2.42. The third kappa shape index (κ3) is 2.56. The highest BCUT2D eigenvalue weighted by Crippen LogP contribution is 2.28. The van der Waals surface area contributed by atoms with Crippen LogP contribution in [0.3, 0.4) is 0 Å². The van der Waals surface area contributed by atoms with Crippen molar-refractivity contribution < 1.29 is 10.2 Å². The molecule has 4 atom stereocenters. The fraction of sp³-hybridized carbons (Fsp3) is 1.00. The van der Waals surface area contributed by atoms with E-state index in [9.17, 15) is 10.2 Å².